The average Bonchev–Trinajstić information content (AvgIpc) is 3.23. The molecule has 0 fully saturated rings. The number of amides is 1. The first-order valence-electron chi connectivity index (χ1n) is 8.78. The normalized spacial score (nSPS) is 23.1. The molecule has 3 aliphatic rings. The largest absolute Gasteiger partial charge is 0.454 e. The van der Waals surface area contributed by atoms with Crippen LogP contribution in [-0.4, -0.2) is 25.8 Å². The lowest BCUT2D eigenvalue weighted by Gasteiger charge is -2.28. The molecule has 5 rings (SSSR count). The summed E-state index contributed by atoms with van der Waals surface area (Å²) in [5, 5.41) is 7.99. The Balaban J connectivity index is 1.50. The number of fused-ring (bicyclic) bond motifs is 4. The van der Waals surface area contributed by atoms with Crippen LogP contribution in [0.1, 0.15) is 39.5 Å². The summed E-state index contributed by atoms with van der Waals surface area (Å²) in [4.78, 5) is 15.7. The second kappa shape index (κ2) is 6.04. The summed E-state index contributed by atoms with van der Waals surface area (Å²) in [6.07, 6.45) is 0.571. The first-order valence-corrected chi connectivity index (χ1v) is 9.98. The lowest BCUT2D eigenvalue weighted by Crippen LogP contribution is -3.11. The van der Waals surface area contributed by atoms with Crippen LogP contribution in [0.4, 0.5) is 5.00 Å². The summed E-state index contributed by atoms with van der Waals surface area (Å²) >= 11 is 8.13. The first kappa shape index (κ1) is 16.2. The van der Waals surface area contributed by atoms with Crippen LogP contribution < -0.4 is 25.0 Å². The van der Waals surface area contributed by atoms with Crippen molar-refractivity contribution >= 4 is 33.8 Å². The number of quaternary nitrogens is 1. The molecule has 0 radical (unpaired) electrons. The Morgan fingerprint density at radius 3 is 2.92 bits per heavy atom. The molecule has 0 saturated heterocycles. The number of hydrogen-bond donors (Lipinski definition) is 3. The Kier molecular flexibility index (Phi) is 3.77. The van der Waals surface area contributed by atoms with Gasteiger partial charge in [0.15, 0.2) is 11.5 Å². The predicted octanol–water partition coefficient (Wildman–Crippen LogP) is 1.95. The molecule has 6 nitrogen and oxygen atoms in total. The van der Waals surface area contributed by atoms with Gasteiger partial charge in [-0.05, 0) is 18.6 Å². The zero-order valence-electron chi connectivity index (χ0n) is 14.3. The van der Waals surface area contributed by atoms with Gasteiger partial charge < -0.3 is 25.0 Å². The van der Waals surface area contributed by atoms with E-state index in [1.165, 1.54) is 10.4 Å². The zero-order valence-corrected chi connectivity index (χ0v) is 15.9. The topological polar surface area (TPSA) is 64.0 Å². The number of thiophene rings is 1. The maximum absolute atomic E-state index is 12.8. The monoisotopic (exact) mass is 392 g/mol. The fraction of sp³-hybridized carbons (Fsp3) is 0.389. The number of anilines is 1. The molecule has 3 aliphatic heterocycles. The van der Waals surface area contributed by atoms with Crippen molar-refractivity contribution in [1.82, 2.24) is 5.32 Å². The van der Waals surface area contributed by atoms with Gasteiger partial charge in [0, 0.05) is 18.1 Å². The van der Waals surface area contributed by atoms with Crippen molar-refractivity contribution in [2.45, 2.75) is 26.1 Å². The van der Waals surface area contributed by atoms with Crippen molar-refractivity contribution in [1.29, 1.82) is 0 Å². The van der Waals surface area contributed by atoms with Gasteiger partial charge in [0.05, 0.1) is 28.6 Å². The van der Waals surface area contributed by atoms with E-state index >= 15 is 0 Å². The van der Waals surface area contributed by atoms with Gasteiger partial charge in [-0.25, -0.2) is 0 Å². The Hall–Kier alpha value is -1.96. The van der Waals surface area contributed by atoms with E-state index in [1.54, 1.807) is 22.3 Å². The minimum absolute atomic E-state index is 0.0325. The molecule has 1 unspecified atom stereocenters. The van der Waals surface area contributed by atoms with Crippen LogP contribution in [0.15, 0.2) is 12.1 Å². The van der Waals surface area contributed by atoms with Crippen molar-refractivity contribution in [2.24, 2.45) is 0 Å². The fourth-order valence-electron chi connectivity index (χ4n) is 3.86. The summed E-state index contributed by atoms with van der Waals surface area (Å²) in [6, 6.07) is 3.58. The van der Waals surface area contributed by atoms with Crippen LogP contribution in [0.5, 0.6) is 11.5 Å². The summed E-state index contributed by atoms with van der Waals surface area (Å²) in [5.41, 5.74) is 2.80. The van der Waals surface area contributed by atoms with E-state index in [2.05, 4.69) is 17.6 Å². The summed E-state index contributed by atoms with van der Waals surface area (Å²) in [5.74, 6) is 1.25. The lowest BCUT2D eigenvalue weighted by atomic mass is 10.00. The lowest BCUT2D eigenvalue weighted by molar-refractivity contribution is -0.913. The van der Waals surface area contributed by atoms with E-state index in [9.17, 15) is 4.79 Å². The van der Waals surface area contributed by atoms with Gasteiger partial charge in [0.1, 0.15) is 17.7 Å². The first-order chi connectivity index (χ1) is 12.6. The molecule has 1 aromatic heterocycles. The van der Waals surface area contributed by atoms with E-state index in [1.807, 2.05) is 6.07 Å². The molecule has 1 amide bonds. The fourth-order valence-corrected chi connectivity index (χ4v) is 5.47. The van der Waals surface area contributed by atoms with E-state index in [0.29, 0.717) is 16.5 Å². The Bertz CT molecular complexity index is 914. The number of benzene rings is 1. The number of rotatable bonds is 2. The molecule has 0 saturated carbocycles. The third-order valence-corrected chi connectivity index (χ3v) is 6.80. The highest BCUT2D eigenvalue weighted by Crippen LogP contribution is 2.43. The zero-order chi connectivity index (χ0) is 17.8. The molecular weight excluding hydrogens is 374 g/mol. The highest BCUT2D eigenvalue weighted by Gasteiger charge is 2.35. The molecule has 0 spiro atoms. The number of likely N-dealkylation sites (N-methyl/N-ethyl adjacent to an activating group) is 1. The van der Waals surface area contributed by atoms with Crippen molar-refractivity contribution in [3.05, 3.63) is 38.7 Å². The summed E-state index contributed by atoms with van der Waals surface area (Å²) in [6.45, 7) is 5.58. The highest BCUT2D eigenvalue weighted by molar-refractivity contribution is 7.16. The molecule has 136 valence electrons. The third kappa shape index (κ3) is 2.46. The van der Waals surface area contributed by atoms with Crippen LogP contribution in [0.2, 0.25) is 5.02 Å². The van der Waals surface area contributed by atoms with Crippen LogP contribution in [0.25, 0.3) is 0 Å². The maximum atomic E-state index is 12.8. The molecule has 0 aliphatic carbocycles. The molecule has 0 bridgehead atoms. The van der Waals surface area contributed by atoms with E-state index in [4.69, 9.17) is 21.1 Å². The minimum atomic E-state index is -0.383. The number of halogens is 1. The molecule has 2 aromatic rings. The number of carbonyl (C=O) groups excluding carboxylic acids is 1. The molecular formula is C18H19ClN3O3S+. The number of carbonyl (C=O) groups is 1. The van der Waals surface area contributed by atoms with E-state index in [0.717, 1.165) is 42.2 Å². The summed E-state index contributed by atoms with van der Waals surface area (Å²) in [7, 11) is 0. The Morgan fingerprint density at radius 2 is 2.12 bits per heavy atom. The molecule has 26 heavy (non-hydrogen) atoms. The van der Waals surface area contributed by atoms with Crippen molar-refractivity contribution in [3.63, 3.8) is 0 Å². The number of nitrogens with one attached hydrogen (secondary N) is 3. The van der Waals surface area contributed by atoms with Gasteiger partial charge >= 0.3 is 0 Å². The molecule has 2 atom stereocenters. The van der Waals surface area contributed by atoms with Crippen molar-refractivity contribution in [3.8, 4) is 11.5 Å². The van der Waals surface area contributed by atoms with Gasteiger partial charge in [-0.3, -0.25) is 4.79 Å². The van der Waals surface area contributed by atoms with E-state index in [-0.39, 0.29) is 18.9 Å². The molecule has 1 aromatic carbocycles. The van der Waals surface area contributed by atoms with Crippen LogP contribution >= 0.6 is 22.9 Å². The predicted molar refractivity (Wildman–Crippen MR) is 99.5 cm³/mol. The Labute approximate surface area is 160 Å². The third-order valence-electron chi connectivity index (χ3n) is 5.31. The summed E-state index contributed by atoms with van der Waals surface area (Å²) < 4.78 is 10.8. The van der Waals surface area contributed by atoms with Crippen LogP contribution in [0, 0.1) is 0 Å². The maximum Gasteiger partial charge on any atom is 0.256 e. The van der Waals surface area contributed by atoms with Gasteiger partial charge in [-0.15, -0.1) is 11.3 Å². The van der Waals surface area contributed by atoms with Gasteiger partial charge in [-0.2, -0.15) is 0 Å². The number of hydrogen-bond acceptors (Lipinski definition) is 5. The van der Waals surface area contributed by atoms with E-state index < -0.39 is 0 Å². The Morgan fingerprint density at radius 1 is 1.31 bits per heavy atom. The van der Waals surface area contributed by atoms with Gasteiger partial charge in [0.2, 0.25) is 6.79 Å². The van der Waals surface area contributed by atoms with Crippen LogP contribution in [-0.2, 0) is 13.0 Å². The average molecular weight is 393 g/mol. The SMILES string of the molecule is CC[NH+]1CCc2c(sc3c2C(=O)N[C@H](c2cc4c(cc2Cl)OCO4)N3)C1. The van der Waals surface area contributed by atoms with Crippen molar-refractivity contribution < 1.29 is 19.2 Å². The molecule has 4 heterocycles. The number of ether oxygens (including phenoxy) is 2. The molecule has 8 heteroatoms. The van der Waals surface area contributed by atoms with Crippen LogP contribution in [0.3, 0.4) is 0 Å². The smallest absolute Gasteiger partial charge is 0.256 e. The minimum Gasteiger partial charge on any atom is -0.454 e. The quantitative estimate of drug-likeness (QED) is 0.731. The van der Waals surface area contributed by atoms with Gasteiger partial charge in [0.25, 0.3) is 5.91 Å². The molecule has 3 N–H and O–H groups in total. The second-order valence-electron chi connectivity index (χ2n) is 6.77. The standard InChI is InChI=1S/C18H18ClN3O3S/c1-2-22-4-3-9-14(7-22)26-18-15(9)17(23)20-16(21-18)10-5-12-13(6-11(10)19)25-8-24-12/h5-6,16,21H,2-4,7-8H2,1H3,(H,20,23)/p+1/t16-/m0/s1. The van der Waals surface area contributed by atoms with Crippen molar-refractivity contribution in [2.75, 3.05) is 25.2 Å². The second-order valence-corrected chi connectivity index (χ2v) is 8.28. The van der Waals surface area contributed by atoms with Gasteiger partial charge in [-0.1, -0.05) is 11.6 Å². The highest BCUT2D eigenvalue weighted by atomic mass is 35.5.